The summed E-state index contributed by atoms with van der Waals surface area (Å²) >= 11 is 0. The molecule has 1 aliphatic carbocycles. The minimum Gasteiger partial charge on any atom is -0.391 e. The fourth-order valence-electron chi connectivity index (χ4n) is 3.02. The molecule has 0 aliphatic heterocycles. The van der Waals surface area contributed by atoms with Gasteiger partial charge in [0, 0.05) is 12.3 Å². The molecule has 3 rings (SSSR count). The summed E-state index contributed by atoms with van der Waals surface area (Å²) in [7, 11) is 0. The van der Waals surface area contributed by atoms with Crippen LogP contribution in [0.5, 0.6) is 0 Å². The molecule has 1 unspecified atom stereocenters. The van der Waals surface area contributed by atoms with Crippen LogP contribution >= 0.6 is 0 Å². The highest BCUT2D eigenvalue weighted by atomic mass is 16.5. The van der Waals surface area contributed by atoms with Crippen LogP contribution in [0.1, 0.15) is 30.9 Å². The highest BCUT2D eigenvalue weighted by Gasteiger charge is 2.31. The third-order valence-electron chi connectivity index (χ3n) is 4.27. The molecule has 122 valence electrons. The average Bonchev–Trinajstić information content (AvgIpc) is 2.55. The van der Waals surface area contributed by atoms with E-state index in [1.165, 1.54) is 16.8 Å². The minimum absolute atomic E-state index is 0.0255. The van der Waals surface area contributed by atoms with Crippen LogP contribution in [-0.4, -0.2) is 26.9 Å². The predicted molar refractivity (Wildman–Crippen MR) is 85.2 cm³/mol. The molecule has 23 heavy (non-hydrogen) atoms. The molecule has 1 saturated carbocycles. The molecule has 2 aromatic rings. The normalized spacial score (nSPS) is 24.5. The van der Waals surface area contributed by atoms with E-state index in [2.05, 4.69) is 4.98 Å². The fraction of sp³-hybridized carbons (Fsp3) is 0.412. The van der Waals surface area contributed by atoms with Gasteiger partial charge in [-0.15, -0.1) is 0 Å². The molecule has 1 heterocycles. The first kappa shape index (κ1) is 15.7. The van der Waals surface area contributed by atoms with Crippen molar-refractivity contribution in [3.8, 4) is 0 Å². The Kier molecular flexibility index (Phi) is 4.73. The molecule has 0 saturated heterocycles. The zero-order valence-corrected chi connectivity index (χ0v) is 12.7. The molecule has 1 aromatic carbocycles. The van der Waals surface area contributed by atoms with Gasteiger partial charge in [-0.05, 0) is 24.8 Å². The van der Waals surface area contributed by atoms with Crippen LogP contribution in [0.2, 0.25) is 0 Å². The Hall–Kier alpha value is -2.18. The van der Waals surface area contributed by atoms with E-state index in [0.717, 1.165) is 12.0 Å². The molecule has 0 spiro atoms. The molecule has 1 aliphatic rings. The fourth-order valence-corrected chi connectivity index (χ4v) is 3.02. The van der Waals surface area contributed by atoms with E-state index in [0.29, 0.717) is 19.4 Å². The largest absolute Gasteiger partial charge is 0.391 e. The first-order chi connectivity index (χ1) is 11.1. The van der Waals surface area contributed by atoms with Gasteiger partial charge in [-0.3, -0.25) is 14.3 Å². The molecule has 0 bridgehead atoms. The summed E-state index contributed by atoms with van der Waals surface area (Å²) in [6.45, 7) is 0.509. The quantitative estimate of drug-likeness (QED) is 0.888. The first-order valence-corrected chi connectivity index (χ1v) is 7.78. The third-order valence-corrected chi connectivity index (χ3v) is 4.27. The van der Waals surface area contributed by atoms with Crippen LogP contribution in [0.4, 0.5) is 0 Å². The van der Waals surface area contributed by atoms with Gasteiger partial charge in [0.15, 0.2) is 0 Å². The van der Waals surface area contributed by atoms with Gasteiger partial charge in [-0.25, -0.2) is 4.79 Å². The van der Waals surface area contributed by atoms with E-state index in [1.54, 1.807) is 0 Å². The van der Waals surface area contributed by atoms with Gasteiger partial charge in [-0.2, -0.15) is 0 Å². The first-order valence-electron chi connectivity index (χ1n) is 7.78. The van der Waals surface area contributed by atoms with Crippen molar-refractivity contribution in [1.29, 1.82) is 0 Å². The van der Waals surface area contributed by atoms with Crippen LogP contribution in [0.15, 0.2) is 52.2 Å². The standard InChI is InChI=1S/C17H20N2O4/c20-15-7-6-13(23-11-12-4-2-1-3-5-12)10-14(15)19-9-8-16(21)18-17(19)22/h1-5,8-9,13-15,20H,6-7,10-11H2,(H,18,21,22)/t13-,14-,15?/m0/s1. The maximum absolute atomic E-state index is 11.9. The van der Waals surface area contributed by atoms with Crippen molar-refractivity contribution in [3.63, 3.8) is 0 Å². The number of ether oxygens (including phenoxy) is 1. The predicted octanol–water partition coefficient (Wildman–Crippen LogP) is 1.21. The number of rotatable bonds is 4. The molecule has 1 fully saturated rings. The van der Waals surface area contributed by atoms with Crippen molar-refractivity contribution in [2.75, 3.05) is 0 Å². The van der Waals surface area contributed by atoms with Crippen molar-refractivity contribution in [2.24, 2.45) is 0 Å². The Morgan fingerprint density at radius 2 is 1.96 bits per heavy atom. The van der Waals surface area contributed by atoms with Gasteiger partial charge in [-0.1, -0.05) is 30.3 Å². The molecule has 6 heteroatoms. The Labute approximate surface area is 133 Å². The minimum atomic E-state index is -0.616. The Morgan fingerprint density at radius 1 is 1.17 bits per heavy atom. The van der Waals surface area contributed by atoms with E-state index in [-0.39, 0.29) is 12.1 Å². The molecule has 3 atom stereocenters. The van der Waals surface area contributed by atoms with Gasteiger partial charge in [0.2, 0.25) is 0 Å². The average molecular weight is 316 g/mol. The van der Waals surface area contributed by atoms with Gasteiger partial charge in [0.25, 0.3) is 5.56 Å². The molecular weight excluding hydrogens is 296 g/mol. The zero-order chi connectivity index (χ0) is 16.2. The third kappa shape index (κ3) is 3.78. The van der Waals surface area contributed by atoms with Crippen molar-refractivity contribution in [2.45, 2.75) is 44.1 Å². The Balaban J connectivity index is 1.69. The molecule has 0 amide bonds. The summed E-state index contributed by atoms with van der Waals surface area (Å²) in [6, 6.07) is 10.8. The molecule has 0 radical (unpaired) electrons. The number of nitrogens with one attached hydrogen (secondary N) is 1. The van der Waals surface area contributed by atoms with Crippen LogP contribution < -0.4 is 11.2 Å². The van der Waals surface area contributed by atoms with Gasteiger partial charge >= 0.3 is 5.69 Å². The smallest absolute Gasteiger partial charge is 0.328 e. The monoisotopic (exact) mass is 316 g/mol. The lowest BCUT2D eigenvalue weighted by atomic mass is 9.90. The summed E-state index contributed by atoms with van der Waals surface area (Å²) < 4.78 is 7.33. The van der Waals surface area contributed by atoms with Crippen LogP contribution in [0, 0.1) is 0 Å². The number of hydrogen-bond acceptors (Lipinski definition) is 4. The SMILES string of the molecule is O=c1ccn([C@H]2C[C@@H](OCc3ccccc3)CCC2O)c(=O)[nH]1. The molecule has 1 aromatic heterocycles. The number of aliphatic hydroxyl groups excluding tert-OH is 1. The van der Waals surface area contributed by atoms with Crippen LogP contribution in [0.3, 0.4) is 0 Å². The van der Waals surface area contributed by atoms with E-state index in [1.807, 2.05) is 30.3 Å². The van der Waals surface area contributed by atoms with Crippen molar-refractivity contribution < 1.29 is 9.84 Å². The van der Waals surface area contributed by atoms with Crippen molar-refractivity contribution >= 4 is 0 Å². The highest BCUT2D eigenvalue weighted by Crippen LogP contribution is 2.30. The van der Waals surface area contributed by atoms with Gasteiger partial charge in [0.1, 0.15) is 0 Å². The number of aromatic nitrogens is 2. The topological polar surface area (TPSA) is 84.3 Å². The van der Waals surface area contributed by atoms with Crippen LogP contribution in [0.25, 0.3) is 0 Å². The lowest BCUT2D eigenvalue weighted by Crippen LogP contribution is -2.41. The second-order valence-electron chi connectivity index (χ2n) is 5.88. The Bertz CT molecular complexity index is 753. The number of benzene rings is 1. The maximum atomic E-state index is 11.9. The number of H-pyrrole nitrogens is 1. The van der Waals surface area contributed by atoms with Gasteiger partial charge in [0.05, 0.1) is 24.9 Å². The van der Waals surface area contributed by atoms with E-state index >= 15 is 0 Å². The second-order valence-corrected chi connectivity index (χ2v) is 5.88. The van der Waals surface area contributed by atoms with E-state index in [9.17, 15) is 14.7 Å². The second kappa shape index (κ2) is 6.93. The lowest BCUT2D eigenvalue weighted by Gasteiger charge is -2.34. The highest BCUT2D eigenvalue weighted by molar-refractivity contribution is 5.13. The summed E-state index contributed by atoms with van der Waals surface area (Å²) in [6.07, 6.45) is 2.66. The molecule has 6 nitrogen and oxygen atoms in total. The maximum Gasteiger partial charge on any atom is 0.328 e. The zero-order valence-electron chi connectivity index (χ0n) is 12.7. The summed E-state index contributed by atoms with van der Waals surface area (Å²) in [4.78, 5) is 25.3. The van der Waals surface area contributed by atoms with Gasteiger partial charge < -0.3 is 9.84 Å². The van der Waals surface area contributed by atoms with Crippen molar-refractivity contribution in [1.82, 2.24) is 9.55 Å². The summed E-state index contributed by atoms with van der Waals surface area (Å²) in [5.74, 6) is 0. The lowest BCUT2D eigenvalue weighted by molar-refractivity contribution is -0.0373. The van der Waals surface area contributed by atoms with E-state index in [4.69, 9.17) is 4.74 Å². The van der Waals surface area contributed by atoms with E-state index < -0.39 is 17.4 Å². The summed E-state index contributed by atoms with van der Waals surface area (Å²) in [5, 5.41) is 10.2. The Morgan fingerprint density at radius 3 is 2.70 bits per heavy atom. The number of aliphatic hydroxyl groups is 1. The number of nitrogens with zero attached hydrogens (tertiary/aromatic N) is 1. The number of aromatic amines is 1. The summed E-state index contributed by atoms with van der Waals surface area (Å²) in [5.41, 5.74) is 0.162. The molecular formula is C17H20N2O4. The van der Waals surface area contributed by atoms with Crippen molar-refractivity contribution in [3.05, 3.63) is 69.0 Å². The molecule has 2 N–H and O–H groups in total. The number of hydrogen-bond donors (Lipinski definition) is 2. The van der Waals surface area contributed by atoms with Crippen LogP contribution in [-0.2, 0) is 11.3 Å².